The summed E-state index contributed by atoms with van der Waals surface area (Å²) >= 11 is 1.55. The van der Waals surface area contributed by atoms with Crippen molar-refractivity contribution in [1.29, 1.82) is 0 Å². The summed E-state index contributed by atoms with van der Waals surface area (Å²) < 4.78 is 12.8. The number of anilines is 1. The van der Waals surface area contributed by atoms with Crippen molar-refractivity contribution >= 4 is 32.6 Å². The predicted octanol–water partition coefficient (Wildman–Crippen LogP) is 2.23. The molecule has 1 aromatic heterocycles. The summed E-state index contributed by atoms with van der Waals surface area (Å²) in [5, 5.41) is 0.711. The van der Waals surface area contributed by atoms with E-state index >= 15 is 0 Å². The number of fused-ring (bicyclic) bond motifs is 2. The van der Waals surface area contributed by atoms with Crippen LogP contribution in [0.25, 0.3) is 10.2 Å². The van der Waals surface area contributed by atoms with Crippen LogP contribution in [0.2, 0.25) is 0 Å². The van der Waals surface area contributed by atoms with Crippen LogP contribution in [-0.2, 0) is 4.79 Å². The Balaban J connectivity index is 1.65. The molecule has 1 amide bonds. The van der Waals surface area contributed by atoms with Gasteiger partial charge < -0.3 is 14.4 Å². The van der Waals surface area contributed by atoms with E-state index in [9.17, 15) is 4.79 Å². The summed E-state index contributed by atoms with van der Waals surface area (Å²) in [4.78, 5) is 21.3. The number of nitrogens with one attached hydrogen (secondary N) is 1. The van der Waals surface area contributed by atoms with Crippen molar-refractivity contribution in [3.63, 3.8) is 0 Å². The minimum absolute atomic E-state index is 0.116. The lowest BCUT2D eigenvalue weighted by molar-refractivity contribution is -0.856. The van der Waals surface area contributed by atoms with Gasteiger partial charge in [0.2, 0.25) is 6.10 Å². The minimum Gasteiger partial charge on any atom is -0.485 e. The summed E-state index contributed by atoms with van der Waals surface area (Å²) in [6, 6.07) is 11.7. The van der Waals surface area contributed by atoms with Crippen molar-refractivity contribution in [1.82, 2.24) is 4.98 Å². The molecule has 3 aromatic rings. The van der Waals surface area contributed by atoms with Crippen LogP contribution < -0.4 is 19.3 Å². The largest absolute Gasteiger partial charge is 0.485 e. The first-order valence-corrected chi connectivity index (χ1v) is 10.6. The van der Waals surface area contributed by atoms with E-state index in [1.165, 1.54) is 10.5 Å². The van der Waals surface area contributed by atoms with Crippen LogP contribution in [0.5, 0.6) is 11.5 Å². The van der Waals surface area contributed by atoms with Crippen molar-refractivity contribution in [3.8, 4) is 11.5 Å². The van der Waals surface area contributed by atoms with Gasteiger partial charge in [0.15, 0.2) is 16.6 Å². The maximum Gasteiger partial charge on any atom is 0.273 e. The normalized spacial score (nSPS) is 15.7. The molecule has 2 heterocycles. The quantitative estimate of drug-likeness (QED) is 0.698. The average molecular weight is 413 g/mol. The van der Waals surface area contributed by atoms with Gasteiger partial charge in [-0.3, -0.25) is 9.69 Å². The fraction of sp³-hybridized carbons (Fsp3) is 0.364. The fourth-order valence-electron chi connectivity index (χ4n) is 3.42. The number of thiazole rings is 1. The third kappa shape index (κ3) is 4.06. The molecule has 152 valence electrons. The Bertz CT molecular complexity index is 1050. The molecule has 1 aliphatic heterocycles. The number of hydrogen-bond donors (Lipinski definition) is 1. The zero-order valence-corrected chi connectivity index (χ0v) is 18.0. The smallest absolute Gasteiger partial charge is 0.273 e. The van der Waals surface area contributed by atoms with Crippen LogP contribution >= 0.6 is 11.3 Å². The third-order valence-corrected chi connectivity index (χ3v) is 5.96. The number of para-hydroxylation sites is 2. The van der Waals surface area contributed by atoms with Gasteiger partial charge in [0.05, 0.1) is 37.4 Å². The highest BCUT2D eigenvalue weighted by Gasteiger charge is 2.33. The van der Waals surface area contributed by atoms with E-state index in [0.717, 1.165) is 22.3 Å². The molecule has 0 bridgehead atoms. The van der Waals surface area contributed by atoms with Gasteiger partial charge in [-0.05, 0) is 43.2 Å². The van der Waals surface area contributed by atoms with Gasteiger partial charge in [0, 0.05) is 0 Å². The second kappa shape index (κ2) is 8.00. The van der Waals surface area contributed by atoms with Crippen LogP contribution in [0, 0.1) is 13.8 Å². The number of likely N-dealkylation sites (N-methyl/N-ethyl adjacent to an activating group) is 1. The Labute approximate surface area is 174 Å². The molecular formula is C22H26N3O3S+. The number of ether oxygens (including phenoxy) is 2. The zero-order chi connectivity index (χ0) is 20.5. The fourth-order valence-corrected chi connectivity index (χ4v) is 4.60. The number of nitrogens with zero attached hydrogens (tertiary/aromatic N) is 2. The molecule has 1 atom stereocenters. The lowest BCUT2D eigenvalue weighted by Crippen LogP contribution is -3.06. The van der Waals surface area contributed by atoms with Crippen molar-refractivity contribution < 1.29 is 19.2 Å². The molecule has 1 N–H and O–H groups in total. The van der Waals surface area contributed by atoms with Gasteiger partial charge in [-0.25, -0.2) is 4.98 Å². The maximum atomic E-state index is 13.4. The number of rotatable bonds is 5. The Morgan fingerprint density at radius 1 is 1.24 bits per heavy atom. The van der Waals surface area contributed by atoms with Crippen molar-refractivity contribution in [2.75, 3.05) is 38.7 Å². The van der Waals surface area contributed by atoms with E-state index in [0.29, 0.717) is 23.2 Å². The van der Waals surface area contributed by atoms with Crippen LogP contribution in [0.3, 0.4) is 0 Å². The van der Waals surface area contributed by atoms with Crippen LogP contribution in [-0.4, -0.2) is 50.8 Å². The number of carbonyl (C=O) groups is 1. The molecule has 0 aliphatic carbocycles. The Kier molecular flexibility index (Phi) is 5.43. The molecule has 0 fully saturated rings. The number of aryl methyl sites for hydroxylation is 2. The van der Waals surface area contributed by atoms with E-state index in [-0.39, 0.29) is 12.5 Å². The van der Waals surface area contributed by atoms with Gasteiger partial charge >= 0.3 is 0 Å². The Morgan fingerprint density at radius 2 is 2.00 bits per heavy atom. The summed E-state index contributed by atoms with van der Waals surface area (Å²) in [6.07, 6.45) is -0.683. The van der Waals surface area contributed by atoms with Gasteiger partial charge in [0.1, 0.15) is 6.61 Å². The summed E-state index contributed by atoms with van der Waals surface area (Å²) in [5.74, 6) is 1.16. The summed E-state index contributed by atoms with van der Waals surface area (Å²) in [6.45, 7) is 5.72. The topological polar surface area (TPSA) is 56.1 Å². The molecule has 2 aromatic carbocycles. The highest BCUT2D eigenvalue weighted by molar-refractivity contribution is 7.22. The van der Waals surface area contributed by atoms with Crippen molar-refractivity contribution in [3.05, 3.63) is 47.5 Å². The van der Waals surface area contributed by atoms with Gasteiger partial charge in [0.25, 0.3) is 5.91 Å². The number of carbonyl (C=O) groups excluding carboxylic acids is 1. The molecule has 4 rings (SSSR count). The highest BCUT2D eigenvalue weighted by Crippen LogP contribution is 2.34. The first kappa shape index (κ1) is 19.7. The van der Waals surface area contributed by atoms with E-state index < -0.39 is 6.10 Å². The molecule has 0 spiro atoms. The monoisotopic (exact) mass is 412 g/mol. The van der Waals surface area contributed by atoms with Gasteiger partial charge in [-0.2, -0.15) is 0 Å². The average Bonchev–Trinajstić information content (AvgIpc) is 3.11. The number of aromatic nitrogens is 1. The minimum atomic E-state index is -0.683. The molecular weight excluding hydrogens is 386 g/mol. The lowest BCUT2D eigenvalue weighted by Gasteiger charge is -2.29. The number of hydrogen-bond acceptors (Lipinski definition) is 5. The van der Waals surface area contributed by atoms with E-state index in [4.69, 9.17) is 14.5 Å². The molecule has 29 heavy (non-hydrogen) atoms. The summed E-state index contributed by atoms with van der Waals surface area (Å²) in [5.41, 5.74) is 3.28. The van der Waals surface area contributed by atoms with E-state index in [2.05, 4.69) is 40.1 Å². The first-order chi connectivity index (χ1) is 13.9. The van der Waals surface area contributed by atoms with Crippen molar-refractivity contribution in [2.24, 2.45) is 0 Å². The van der Waals surface area contributed by atoms with Gasteiger partial charge in [-0.1, -0.05) is 29.5 Å². The molecule has 0 saturated heterocycles. The number of quaternary nitrogens is 1. The number of benzene rings is 2. The van der Waals surface area contributed by atoms with E-state index in [1.807, 2.05) is 24.3 Å². The Hall–Kier alpha value is -2.64. The molecule has 7 heteroatoms. The Morgan fingerprint density at radius 3 is 2.76 bits per heavy atom. The molecule has 0 saturated carbocycles. The van der Waals surface area contributed by atoms with Crippen molar-refractivity contribution in [2.45, 2.75) is 20.0 Å². The maximum absolute atomic E-state index is 13.4. The molecule has 6 nitrogen and oxygen atoms in total. The molecule has 0 unspecified atom stereocenters. The SMILES string of the molecule is Cc1cc(C)c2nc(N(CC[NH+](C)C)C(=O)[C@@H]3COc4ccccc4O3)sc2c1. The van der Waals surface area contributed by atoms with Crippen LogP contribution in [0.15, 0.2) is 36.4 Å². The lowest BCUT2D eigenvalue weighted by atomic mass is 10.1. The molecule has 0 radical (unpaired) electrons. The number of amides is 1. The summed E-state index contributed by atoms with van der Waals surface area (Å²) in [7, 11) is 4.15. The predicted molar refractivity (Wildman–Crippen MR) is 115 cm³/mol. The standard InChI is InChI=1S/C22H25N3O3S/c1-14-11-15(2)20-19(12-14)29-22(23-20)25(10-9-24(3)4)21(26)18-13-27-16-7-5-6-8-17(16)28-18/h5-8,11-12,18H,9-10,13H2,1-4H3/p+1/t18-/m0/s1. The second-order valence-corrected chi connectivity index (χ2v) is 8.75. The van der Waals surface area contributed by atoms with E-state index in [1.54, 1.807) is 16.2 Å². The zero-order valence-electron chi connectivity index (χ0n) is 17.2. The first-order valence-electron chi connectivity index (χ1n) is 9.79. The molecule has 1 aliphatic rings. The highest BCUT2D eigenvalue weighted by atomic mass is 32.1. The second-order valence-electron chi connectivity index (χ2n) is 7.74. The van der Waals surface area contributed by atoms with Gasteiger partial charge in [-0.15, -0.1) is 0 Å². The third-order valence-electron chi connectivity index (χ3n) is 4.93. The van der Waals surface area contributed by atoms with Crippen LogP contribution in [0.1, 0.15) is 11.1 Å². The van der Waals surface area contributed by atoms with Crippen LogP contribution in [0.4, 0.5) is 5.13 Å².